The molecule has 6 heteroatoms. The van der Waals surface area contributed by atoms with Crippen LogP contribution >= 0.6 is 0 Å². The van der Waals surface area contributed by atoms with Crippen LogP contribution in [-0.4, -0.2) is 19.5 Å². The maximum absolute atomic E-state index is 17.0. The van der Waals surface area contributed by atoms with E-state index in [1.807, 2.05) is 144 Å². The van der Waals surface area contributed by atoms with Crippen LogP contribution in [-0.2, 0) is 5.92 Å². The number of aromatic nitrogens is 4. The Balaban J connectivity index is 1.12. The van der Waals surface area contributed by atoms with Crippen LogP contribution in [0.25, 0.3) is 94.7 Å². The second-order valence-electron chi connectivity index (χ2n) is 14.2. The number of benzene rings is 8. The molecule has 0 radical (unpaired) electrons. The summed E-state index contributed by atoms with van der Waals surface area (Å²) in [5.41, 5.74) is 7.97. The van der Waals surface area contributed by atoms with E-state index in [4.69, 9.17) is 15.0 Å². The number of hydrogen-bond acceptors (Lipinski definition) is 3. The zero-order chi connectivity index (χ0) is 37.4. The van der Waals surface area contributed by atoms with Gasteiger partial charge in [-0.15, -0.1) is 0 Å². The molecule has 2 heterocycles. The van der Waals surface area contributed by atoms with E-state index in [9.17, 15) is 0 Å². The van der Waals surface area contributed by atoms with Gasteiger partial charge in [-0.3, -0.25) is 0 Å². The van der Waals surface area contributed by atoms with E-state index < -0.39 is 5.92 Å². The minimum absolute atomic E-state index is 0.0409. The van der Waals surface area contributed by atoms with E-state index in [1.54, 1.807) is 12.1 Å². The third-order valence-corrected chi connectivity index (χ3v) is 10.9. The zero-order valence-electron chi connectivity index (χ0n) is 29.9. The van der Waals surface area contributed by atoms with Crippen LogP contribution in [0.2, 0.25) is 0 Å². The summed E-state index contributed by atoms with van der Waals surface area (Å²) in [6.07, 6.45) is 0. The average Bonchev–Trinajstić information content (AvgIpc) is 3.73. The summed E-state index contributed by atoms with van der Waals surface area (Å²) in [7, 11) is 0. The van der Waals surface area contributed by atoms with E-state index >= 15 is 8.78 Å². The van der Waals surface area contributed by atoms with Crippen LogP contribution in [0.15, 0.2) is 182 Å². The number of alkyl halides is 2. The lowest BCUT2D eigenvalue weighted by Crippen LogP contribution is -2.13. The second kappa shape index (κ2) is 12.4. The first-order valence-corrected chi connectivity index (χ1v) is 18.6. The van der Waals surface area contributed by atoms with E-state index in [0.29, 0.717) is 34.1 Å². The van der Waals surface area contributed by atoms with Gasteiger partial charge in [0.2, 0.25) is 0 Å². The quantitative estimate of drug-likeness (QED) is 0.177. The number of hydrogen-bond donors (Lipinski definition) is 0. The molecule has 1 aliphatic carbocycles. The molecule has 0 saturated carbocycles. The molecule has 0 bridgehead atoms. The van der Waals surface area contributed by atoms with Crippen LogP contribution in [0, 0.1) is 0 Å². The lowest BCUT2D eigenvalue weighted by Gasteiger charge is -2.18. The SMILES string of the molecule is FC1(F)c2ccccc2-c2c1c1c(c3ccccc23)c2ccccc2n1-c1cccc(-c2cccc(-c3nc(-c4ccccc4)nc(-c4ccccc4)n3)c2)c1. The highest BCUT2D eigenvalue weighted by atomic mass is 19.3. The molecule has 11 rings (SSSR count). The van der Waals surface area contributed by atoms with Crippen molar-refractivity contribution >= 4 is 32.6 Å². The van der Waals surface area contributed by atoms with E-state index in [2.05, 4.69) is 30.3 Å². The predicted molar refractivity (Wildman–Crippen MR) is 222 cm³/mol. The average molecular weight is 725 g/mol. The highest BCUT2D eigenvalue weighted by Crippen LogP contribution is 2.57. The number of nitrogens with zero attached hydrogens (tertiary/aromatic N) is 4. The third-order valence-electron chi connectivity index (χ3n) is 10.9. The van der Waals surface area contributed by atoms with E-state index in [0.717, 1.165) is 60.6 Å². The van der Waals surface area contributed by atoms with Crippen LogP contribution in [0.5, 0.6) is 0 Å². The van der Waals surface area contributed by atoms with Crippen LogP contribution in [0.4, 0.5) is 8.78 Å². The van der Waals surface area contributed by atoms with Gasteiger partial charge in [0.05, 0.1) is 16.6 Å². The Morgan fingerprint density at radius 1 is 0.429 bits per heavy atom. The first kappa shape index (κ1) is 32.1. The van der Waals surface area contributed by atoms with Crippen LogP contribution < -0.4 is 0 Å². The molecule has 0 fully saturated rings. The lowest BCUT2D eigenvalue weighted by atomic mass is 9.93. The van der Waals surface area contributed by atoms with Crippen molar-refractivity contribution in [3.63, 3.8) is 0 Å². The summed E-state index contributed by atoms with van der Waals surface area (Å²) in [5.74, 6) is -1.46. The van der Waals surface area contributed by atoms with Gasteiger partial charge in [-0.1, -0.05) is 158 Å². The first-order valence-electron chi connectivity index (χ1n) is 18.6. The van der Waals surface area contributed by atoms with Crippen LogP contribution in [0.3, 0.4) is 0 Å². The number of fused-ring (bicyclic) bond motifs is 10. The minimum atomic E-state index is -3.20. The highest BCUT2D eigenvalue weighted by Gasteiger charge is 2.47. The highest BCUT2D eigenvalue weighted by molar-refractivity contribution is 6.26. The Morgan fingerprint density at radius 2 is 0.946 bits per heavy atom. The second-order valence-corrected chi connectivity index (χ2v) is 14.2. The molecule has 0 N–H and O–H groups in total. The maximum Gasteiger partial charge on any atom is 0.301 e. The molecule has 0 unspecified atom stereocenters. The fraction of sp³-hybridized carbons (Fsp3) is 0.0200. The zero-order valence-corrected chi connectivity index (χ0v) is 29.9. The maximum atomic E-state index is 17.0. The van der Waals surface area contributed by atoms with Gasteiger partial charge < -0.3 is 4.57 Å². The van der Waals surface area contributed by atoms with Crippen molar-refractivity contribution in [1.29, 1.82) is 0 Å². The van der Waals surface area contributed by atoms with Crippen molar-refractivity contribution in [3.05, 3.63) is 193 Å². The standard InChI is InChI=1S/C50H30F2N4/c51-50(52)41-27-11-9-25-39(41)43-37-23-7-8-24-38(37)44-40-26-10-12-28-42(40)56(46(44)45(43)50)36-22-14-20-34(30-36)33-19-13-21-35(29-33)49-54-47(31-15-3-1-4-16-31)53-48(55-49)32-17-5-2-6-18-32/h1-30H. The minimum Gasteiger partial charge on any atom is -0.309 e. The molecule has 0 aliphatic heterocycles. The number of halogens is 2. The van der Waals surface area contributed by atoms with Crippen molar-refractivity contribution in [2.45, 2.75) is 5.92 Å². The lowest BCUT2D eigenvalue weighted by molar-refractivity contribution is 0.0494. The molecule has 1 aliphatic rings. The topological polar surface area (TPSA) is 43.6 Å². The predicted octanol–water partition coefficient (Wildman–Crippen LogP) is 12.9. The summed E-state index contributed by atoms with van der Waals surface area (Å²) in [5, 5.41) is 3.54. The van der Waals surface area contributed by atoms with Crippen molar-refractivity contribution in [2.75, 3.05) is 0 Å². The summed E-state index contributed by atoms with van der Waals surface area (Å²) < 4.78 is 36.0. The van der Waals surface area contributed by atoms with E-state index in [-0.39, 0.29) is 11.1 Å². The molecule has 0 spiro atoms. The van der Waals surface area contributed by atoms with Gasteiger partial charge in [-0.25, -0.2) is 15.0 Å². The Bertz CT molecular complexity index is 3110. The molecule has 10 aromatic rings. The number of rotatable bonds is 5. The van der Waals surface area contributed by atoms with Gasteiger partial charge in [-0.05, 0) is 51.7 Å². The molecular formula is C50H30F2N4. The van der Waals surface area contributed by atoms with Gasteiger partial charge in [0.15, 0.2) is 17.5 Å². The normalized spacial score (nSPS) is 13.0. The molecule has 8 aromatic carbocycles. The van der Waals surface area contributed by atoms with Gasteiger partial charge in [0.25, 0.3) is 0 Å². The fourth-order valence-corrected chi connectivity index (χ4v) is 8.48. The molecule has 2 aromatic heterocycles. The van der Waals surface area contributed by atoms with Crippen molar-refractivity contribution < 1.29 is 8.78 Å². The van der Waals surface area contributed by atoms with Gasteiger partial charge in [0, 0.05) is 44.3 Å². The molecular weight excluding hydrogens is 695 g/mol. The van der Waals surface area contributed by atoms with Gasteiger partial charge >= 0.3 is 5.92 Å². The van der Waals surface area contributed by atoms with Crippen molar-refractivity contribution in [2.24, 2.45) is 0 Å². The Kier molecular flexibility index (Phi) is 7.10. The molecule has 56 heavy (non-hydrogen) atoms. The summed E-state index contributed by atoms with van der Waals surface area (Å²) in [4.78, 5) is 14.8. The Hall–Kier alpha value is -7.31. The molecule has 264 valence electrons. The molecule has 0 saturated heterocycles. The summed E-state index contributed by atoms with van der Waals surface area (Å²) in [6.45, 7) is 0. The fourth-order valence-electron chi connectivity index (χ4n) is 8.48. The molecule has 0 amide bonds. The van der Waals surface area contributed by atoms with Crippen molar-refractivity contribution in [3.8, 4) is 62.1 Å². The molecule has 0 atom stereocenters. The van der Waals surface area contributed by atoms with Gasteiger partial charge in [0.1, 0.15) is 0 Å². The Morgan fingerprint density at radius 3 is 1.66 bits per heavy atom. The number of para-hydroxylation sites is 1. The first-order chi connectivity index (χ1) is 27.5. The summed E-state index contributed by atoms with van der Waals surface area (Å²) in [6, 6.07) is 59.1. The van der Waals surface area contributed by atoms with Gasteiger partial charge in [-0.2, -0.15) is 8.78 Å². The monoisotopic (exact) mass is 724 g/mol. The van der Waals surface area contributed by atoms with Crippen LogP contribution in [0.1, 0.15) is 11.1 Å². The summed E-state index contributed by atoms with van der Waals surface area (Å²) >= 11 is 0. The van der Waals surface area contributed by atoms with E-state index in [1.165, 1.54) is 0 Å². The molecule has 4 nitrogen and oxygen atoms in total. The smallest absolute Gasteiger partial charge is 0.301 e. The Labute approximate surface area is 321 Å². The third kappa shape index (κ3) is 4.85. The largest absolute Gasteiger partial charge is 0.309 e. The van der Waals surface area contributed by atoms with Crippen molar-refractivity contribution in [1.82, 2.24) is 19.5 Å².